The van der Waals surface area contributed by atoms with E-state index < -0.39 is 0 Å². The van der Waals surface area contributed by atoms with Gasteiger partial charge in [0.15, 0.2) is 0 Å². The number of esters is 1. The minimum Gasteiger partial charge on any atom is -0.468 e. The summed E-state index contributed by atoms with van der Waals surface area (Å²) < 4.78 is 10.4. The largest absolute Gasteiger partial charge is 0.468 e. The number of hydrogen-bond donors (Lipinski definition) is 1. The number of rotatable bonds is 6. The van der Waals surface area contributed by atoms with E-state index in [1.54, 1.807) is 7.11 Å². The molecular weight excluding hydrogens is 230 g/mol. The molecule has 0 saturated heterocycles. The van der Waals surface area contributed by atoms with E-state index >= 15 is 0 Å². The van der Waals surface area contributed by atoms with Crippen LogP contribution in [-0.2, 0) is 14.3 Å². The van der Waals surface area contributed by atoms with E-state index in [0.29, 0.717) is 0 Å². The Morgan fingerprint density at radius 1 is 1.33 bits per heavy atom. The summed E-state index contributed by atoms with van der Waals surface area (Å²) in [7, 11) is 3.20. The van der Waals surface area contributed by atoms with Crippen LogP contribution in [0.2, 0.25) is 0 Å². The number of methoxy groups -OCH3 is 2. The molecule has 1 saturated carbocycles. The molecule has 0 spiro atoms. The summed E-state index contributed by atoms with van der Waals surface area (Å²) in [5, 5.41) is 3.46. The van der Waals surface area contributed by atoms with Crippen molar-refractivity contribution in [2.45, 2.75) is 64.1 Å². The van der Waals surface area contributed by atoms with Crippen molar-refractivity contribution < 1.29 is 14.3 Å². The van der Waals surface area contributed by atoms with Crippen LogP contribution in [0.15, 0.2) is 0 Å². The summed E-state index contributed by atoms with van der Waals surface area (Å²) in [5.41, 5.74) is 0. The van der Waals surface area contributed by atoms with Crippen LogP contribution >= 0.6 is 0 Å². The standard InChI is InChI=1S/C14H27NO3/c1-5-10(2)13(14(16)18-4)15-11-8-6-7-9-12(11)17-3/h10-13,15H,5-9H2,1-4H3. The highest BCUT2D eigenvalue weighted by atomic mass is 16.5. The minimum atomic E-state index is -0.222. The Morgan fingerprint density at radius 2 is 2.00 bits per heavy atom. The maximum absolute atomic E-state index is 11.9. The van der Waals surface area contributed by atoms with Crippen molar-refractivity contribution in [3.8, 4) is 0 Å². The van der Waals surface area contributed by atoms with Gasteiger partial charge in [-0.3, -0.25) is 10.1 Å². The predicted octanol–water partition coefficient (Wildman–Crippen LogP) is 2.12. The monoisotopic (exact) mass is 257 g/mol. The first kappa shape index (κ1) is 15.4. The highest BCUT2D eigenvalue weighted by molar-refractivity contribution is 5.76. The maximum atomic E-state index is 11.9. The van der Waals surface area contributed by atoms with E-state index in [2.05, 4.69) is 19.2 Å². The van der Waals surface area contributed by atoms with Crippen LogP contribution in [0.3, 0.4) is 0 Å². The third-order valence-corrected chi connectivity index (χ3v) is 4.07. The summed E-state index contributed by atoms with van der Waals surface area (Å²) >= 11 is 0. The average molecular weight is 257 g/mol. The summed E-state index contributed by atoms with van der Waals surface area (Å²) in [5.74, 6) is 0.113. The van der Waals surface area contributed by atoms with Crippen molar-refractivity contribution >= 4 is 5.97 Å². The second-order valence-electron chi connectivity index (χ2n) is 5.22. The highest BCUT2D eigenvalue weighted by Gasteiger charge is 2.32. The van der Waals surface area contributed by atoms with Crippen LogP contribution < -0.4 is 5.32 Å². The van der Waals surface area contributed by atoms with Gasteiger partial charge in [0, 0.05) is 13.2 Å². The number of ether oxygens (including phenoxy) is 2. The predicted molar refractivity (Wildman–Crippen MR) is 71.4 cm³/mol. The molecule has 0 aromatic heterocycles. The molecule has 1 rings (SSSR count). The lowest BCUT2D eigenvalue weighted by Gasteiger charge is -2.35. The van der Waals surface area contributed by atoms with Gasteiger partial charge < -0.3 is 9.47 Å². The van der Waals surface area contributed by atoms with E-state index in [-0.39, 0.29) is 30.1 Å². The number of carbonyl (C=O) groups is 1. The van der Waals surface area contributed by atoms with Crippen LogP contribution in [0.4, 0.5) is 0 Å². The Kier molecular flexibility index (Phi) is 6.65. The molecule has 1 N–H and O–H groups in total. The van der Waals surface area contributed by atoms with E-state index in [1.807, 2.05) is 0 Å². The Hall–Kier alpha value is -0.610. The van der Waals surface area contributed by atoms with Crippen molar-refractivity contribution in [1.82, 2.24) is 5.32 Å². The second-order valence-corrected chi connectivity index (χ2v) is 5.22. The molecule has 1 aliphatic carbocycles. The topological polar surface area (TPSA) is 47.6 Å². The molecule has 18 heavy (non-hydrogen) atoms. The SMILES string of the molecule is CCC(C)C(NC1CCCCC1OC)C(=O)OC. The third-order valence-electron chi connectivity index (χ3n) is 4.07. The van der Waals surface area contributed by atoms with Gasteiger partial charge in [0.2, 0.25) is 0 Å². The summed E-state index contributed by atoms with van der Waals surface area (Å²) in [6, 6.07) is 0.0441. The molecule has 4 heteroatoms. The van der Waals surface area contributed by atoms with Gasteiger partial charge in [0.1, 0.15) is 6.04 Å². The lowest BCUT2D eigenvalue weighted by Crippen LogP contribution is -2.53. The summed E-state index contributed by atoms with van der Waals surface area (Å²) in [6.45, 7) is 4.18. The fraction of sp³-hybridized carbons (Fsp3) is 0.929. The molecule has 4 unspecified atom stereocenters. The zero-order chi connectivity index (χ0) is 13.5. The lowest BCUT2D eigenvalue weighted by molar-refractivity contribution is -0.145. The van der Waals surface area contributed by atoms with Gasteiger partial charge in [0.25, 0.3) is 0 Å². The van der Waals surface area contributed by atoms with Crippen LogP contribution in [0.25, 0.3) is 0 Å². The van der Waals surface area contributed by atoms with Gasteiger partial charge in [-0.2, -0.15) is 0 Å². The molecule has 1 fully saturated rings. The summed E-state index contributed by atoms with van der Waals surface area (Å²) in [6.07, 6.45) is 5.73. The number of nitrogens with one attached hydrogen (secondary N) is 1. The fourth-order valence-electron chi connectivity index (χ4n) is 2.63. The van der Waals surface area contributed by atoms with Gasteiger partial charge in [-0.15, -0.1) is 0 Å². The fourth-order valence-corrected chi connectivity index (χ4v) is 2.63. The molecule has 0 heterocycles. The van der Waals surface area contributed by atoms with Crippen LogP contribution in [0, 0.1) is 5.92 Å². The molecule has 0 aromatic carbocycles. The molecule has 106 valence electrons. The quantitative estimate of drug-likeness (QED) is 0.740. The zero-order valence-corrected chi connectivity index (χ0v) is 12.1. The Bertz CT molecular complexity index is 257. The van der Waals surface area contributed by atoms with Gasteiger partial charge in [-0.05, 0) is 18.8 Å². The number of carbonyl (C=O) groups excluding carboxylic acids is 1. The molecule has 4 atom stereocenters. The molecule has 4 nitrogen and oxygen atoms in total. The zero-order valence-electron chi connectivity index (χ0n) is 12.1. The van der Waals surface area contributed by atoms with Gasteiger partial charge in [0.05, 0.1) is 13.2 Å². The Labute approximate surface area is 110 Å². The average Bonchev–Trinajstić information content (AvgIpc) is 2.43. The first-order valence-corrected chi connectivity index (χ1v) is 7.00. The van der Waals surface area contributed by atoms with Crippen LogP contribution in [0.1, 0.15) is 46.0 Å². The molecule has 0 aliphatic heterocycles. The second kappa shape index (κ2) is 7.74. The maximum Gasteiger partial charge on any atom is 0.323 e. The molecule has 0 bridgehead atoms. The smallest absolute Gasteiger partial charge is 0.323 e. The van der Waals surface area contributed by atoms with E-state index in [4.69, 9.17) is 9.47 Å². The van der Waals surface area contributed by atoms with Crippen LogP contribution in [-0.4, -0.2) is 38.4 Å². The summed E-state index contributed by atoms with van der Waals surface area (Å²) in [4.78, 5) is 11.9. The van der Waals surface area contributed by atoms with Crippen molar-refractivity contribution in [3.05, 3.63) is 0 Å². The van der Waals surface area contributed by atoms with E-state index in [1.165, 1.54) is 20.0 Å². The van der Waals surface area contributed by atoms with Gasteiger partial charge in [-0.25, -0.2) is 0 Å². The van der Waals surface area contributed by atoms with Crippen molar-refractivity contribution in [2.75, 3.05) is 14.2 Å². The van der Waals surface area contributed by atoms with Crippen molar-refractivity contribution in [2.24, 2.45) is 5.92 Å². The van der Waals surface area contributed by atoms with Gasteiger partial charge in [-0.1, -0.05) is 33.1 Å². The van der Waals surface area contributed by atoms with Crippen molar-refractivity contribution in [1.29, 1.82) is 0 Å². The van der Waals surface area contributed by atoms with E-state index in [9.17, 15) is 4.79 Å². The molecule has 0 aromatic rings. The third kappa shape index (κ3) is 3.95. The first-order valence-electron chi connectivity index (χ1n) is 7.00. The number of hydrogen-bond acceptors (Lipinski definition) is 4. The molecule has 0 amide bonds. The lowest BCUT2D eigenvalue weighted by atomic mass is 9.90. The molecule has 1 aliphatic rings. The Morgan fingerprint density at radius 3 is 2.56 bits per heavy atom. The van der Waals surface area contributed by atoms with Crippen LogP contribution in [0.5, 0.6) is 0 Å². The van der Waals surface area contributed by atoms with Gasteiger partial charge >= 0.3 is 5.97 Å². The normalized spacial score (nSPS) is 27.6. The molecular formula is C14H27NO3. The van der Waals surface area contributed by atoms with E-state index in [0.717, 1.165) is 19.3 Å². The molecule has 0 radical (unpaired) electrons. The minimum absolute atomic E-state index is 0.162. The Balaban J connectivity index is 2.66. The van der Waals surface area contributed by atoms with Crippen molar-refractivity contribution in [3.63, 3.8) is 0 Å². The first-order chi connectivity index (χ1) is 8.63. The highest BCUT2D eigenvalue weighted by Crippen LogP contribution is 2.22.